The van der Waals surface area contributed by atoms with Crippen LogP contribution in [0, 0.1) is 0 Å². The van der Waals surface area contributed by atoms with E-state index in [0.29, 0.717) is 24.6 Å². The molecule has 190 valence electrons. The molecule has 1 atom stereocenters. The van der Waals surface area contributed by atoms with Crippen molar-refractivity contribution >= 4 is 23.2 Å². The number of aryl methyl sites for hydroxylation is 2. The van der Waals surface area contributed by atoms with E-state index in [0.717, 1.165) is 27.8 Å². The Morgan fingerprint density at radius 3 is 2.59 bits per heavy atom. The molecule has 4 aromatic rings. The SMILES string of the molecule is CC(C)c1cc(CNC(=O)c2cc(C(=O)N[C@H]3CCc4cc(-n5nnn(C)c5=O)ccc43)ncn2)cs1. The van der Waals surface area contributed by atoms with Gasteiger partial charge in [0.15, 0.2) is 0 Å². The molecular formula is C25H26N8O3S. The van der Waals surface area contributed by atoms with E-state index in [1.807, 2.05) is 17.5 Å². The van der Waals surface area contributed by atoms with Crippen LogP contribution >= 0.6 is 11.3 Å². The molecule has 37 heavy (non-hydrogen) atoms. The van der Waals surface area contributed by atoms with Crippen molar-refractivity contribution in [3.63, 3.8) is 0 Å². The van der Waals surface area contributed by atoms with E-state index in [1.54, 1.807) is 24.5 Å². The minimum absolute atomic E-state index is 0.119. The maximum absolute atomic E-state index is 13.0. The number of rotatable bonds is 7. The van der Waals surface area contributed by atoms with Crippen molar-refractivity contribution < 1.29 is 9.59 Å². The topological polar surface area (TPSA) is 137 Å². The summed E-state index contributed by atoms with van der Waals surface area (Å²) >= 11 is 1.67. The highest BCUT2D eigenvalue weighted by Crippen LogP contribution is 2.32. The van der Waals surface area contributed by atoms with Gasteiger partial charge in [0, 0.05) is 24.5 Å². The van der Waals surface area contributed by atoms with Crippen molar-refractivity contribution in [3.05, 3.63) is 85.5 Å². The number of hydrogen-bond acceptors (Lipinski definition) is 8. The molecule has 0 unspecified atom stereocenters. The monoisotopic (exact) mass is 518 g/mol. The van der Waals surface area contributed by atoms with Crippen molar-refractivity contribution in [2.45, 2.75) is 45.2 Å². The predicted molar refractivity (Wildman–Crippen MR) is 137 cm³/mol. The zero-order chi connectivity index (χ0) is 26.1. The van der Waals surface area contributed by atoms with Gasteiger partial charge < -0.3 is 10.6 Å². The molecule has 0 aliphatic heterocycles. The summed E-state index contributed by atoms with van der Waals surface area (Å²) in [6.07, 6.45) is 2.66. The second-order valence-corrected chi connectivity index (χ2v) is 10.2. The summed E-state index contributed by atoms with van der Waals surface area (Å²) in [5, 5.41) is 15.5. The highest BCUT2D eigenvalue weighted by molar-refractivity contribution is 7.10. The van der Waals surface area contributed by atoms with Gasteiger partial charge in [-0.3, -0.25) is 9.59 Å². The molecule has 2 amide bonds. The number of nitrogens with one attached hydrogen (secondary N) is 2. The molecule has 0 saturated heterocycles. The van der Waals surface area contributed by atoms with Crippen molar-refractivity contribution in [1.29, 1.82) is 0 Å². The average molecular weight is 519 g/mol. The Labute approximate surface area is 216 Å². The molecule has 12 heteroatoms. The second-order valence-electron chi connectivity index (χ2n) is 9.23. The third-order valence-electron chi connectivity index (χ3n) is 6.30. The van der Waals surface area contributed by atoms with Crippen LogP contribution in [0.2, 0.25) is 0 Å². The Morgan fingerprint density at radius 1 is 1.11 bits per heavy atom. The highest BCUT2D eigenvalue weighted by atomic mass is 32.1. The number of aromatic nitrogens is 6. The van der Waals surface area contributed by atoms with Gasteiger partial charge >= 0.3 is 5.69 Å². The summed E-state index contributed by atoms with van der Waals surface area (Å²) in [6.45, 7) is 4.64. The van der Waals surface area contributed by atoms with Gasteiger partial charge in [-0.15, -0.1) is 11.3 Å². The highest BCUT2D eigenvalue weighted by Gasteiger charge is 2.26. The molecule has 0 radical (unpaired) electrons. The standard InChI is InChI=1S/C25H26N8O3S/c1-14(2)22-8-15(12-37-22)11-26-23(34)20-10-21(28-13-27-20)24(35)29-19-7-4-16-9-17(5-6-18(16)19)33-25(36)32(3)30-31-33/h5-6,8-10,12-14,19H,4,7,11H2,1-3H3,(H,26,34)(H,29,35)/t19-/m0/s1. The summed E-state index contributed by atoms with van der Waals surface area (Å²) in [6, 6.07) is 8.83. The summed E-state index contributed by atoms with van der Waals surface area (Å²) in [4.78, 5) is 47.1. The lowest BCUT2D eigenvalue weighted by Gasteiger charge is -2.14. The van der Waals surface area contributed by atoms with Crippen molar-refractivity contribution in [2.24, 2.45) is 7.05 Å². The summed E-state index contributed by atoms with van der Waals surface area (Å²) < 4.78 is 2.40. The largest absolute Gasteiger partial charge is 0.368 e. The van der Waals surface area contributed by atoms with Crippen LogP contribution in [0.4, 0.5) is 0 Å². The molecule has 1 aromatic carbocycles. The van der Waals surface area contributed by atoms with Crippen LogP contribution in [-0.2, 0) is 20.0 Å². The van der Waals surface area contributed by atoms with E-state index < -0.39 is 0 Å². The number of amides is 2. The summed E-state index contributed by atoms with van der Waals surface area (Å²) in [7, 11) is 1.54. The van der Waals surface area contributed by atoms with Crippen LogP contribution in [0.25, 0.3) is 5.69 Å². The molecule has 5 rings (SSSR count). The van der Waals surface area contributed by atoms with E-state index in [4.69, 9.17) is 0 Å². The zero-order valence-electron chi connectivity index (χ0n) is 20.6. The average Bonchev–Trinajstić information content (AvgIpc) is 3.62. The number of nitrogens with zero attached hydrogens (tertiary/aromatic N) is 6. The van der Waals surface area contributed by atoms with E-state index in [1.165, 1.54) is 22.0 Å². The number of tetrazole rings is 1. The quantitative estimate of drug-likeness (QED) is 0.383. The molecule has 3 aromatic heterocycles. The molecule has 1 aliphatic rings. The van der Waals surface area contributed by atoms with Gasteiger partial charge in [-0.25, -0.2) is 14.8 Å². The predicted octanol–water partition coefficient (Wildman–Crippen LogP) is 2.29. The van der Waals surface area contributed by atoms with Gasteiger partial charge in [-0.05, 0) is 69.5 Å². The minimum Gasteiger partial charge on any atom is -0.347 e. The van der Waals surface area contributed by atoms with Crippen LogP contribution < -0.4 is 16.3 Å². The van der Waals surface area contributed by atoms with Gasteiger partial charge in [-0.1, -0.05) is 19.9 Å². The van der Waals surface area contributed by atoms with Gasteiger partial charge in [0.1, 0.15) is 17.7 Å². The van der Waals surface area contributed by atoms with Crippen LogP contribution in [0.1, 0.15) is 74.8 Å². The first-order chi connectivity index (χ1) is 17.8. The lowest BCUT2D eigenvalue weighted by molar-refractivity contribution is 0.0931. The van der Waals surface area contributed by atoms with E-state index in [2.05, 4.69) is 50.9 Å². The van der Waals surface area contributed by atoms with Gasteiger partial charge in [0.2, 0.25) is 0 Å². The maximum atomic E-state index is 13.0. The van der Waals surface area contributed by atoms with Gasteiger partial charge in [0.25, 0.3) is 11.8 Å². The molecule has 3 heterocycles. The van der Waals surface area contributed by atoms with Crippen LogP contribution in [0.5, 0.6) is 0 Å². The minimum atomic E-state index is -0.386. The Morgan fingerprint density at radius 2 is 1.89 bits per heavy atom. The summed E-state index contributed by atoms with van der Waals surface area (Å²) in [5.41, 5.74) is 3.57. The zero-order valence-corrected chi connectivity index (χ0v) is 21.5. The first-order valence-electron chi connectivity index (χ1n) is 11.9. The molecule has 2 N–H and O–H groups in total. The maximum Gasteiger partial charge on any atom is 0.368 e. The smallest absolute Gasteiger partial charge is 0.347 e. The Hall–Kier alpha value is -4.19. The second kappa shape index (κ2) is 10.1. The third kappa shape index (κ3) is 5.05. The molecule has 0 saturated carbocycles. The van der Waals surface area contributed by atoms with Crippen LogP contribution in [0.15, 0.2) is 46.8 Å². The van der Waals surface area contributed by atoms with E-state index >= 15 is 0 Å². The van der Waals surface area contributed by atoms with Gasteiger partial charge in [0.05, 0.1) is 11.7 Å². The number of fused-ring (bicyclic) bond motifs is 1. The molecule has 0 spiro atoms. The number of carbonyl (C=O) groups excluding carboxylic acids is 2. The molecule has 0 bridgehead atoms. The molecule has 11 nitrogen and oxygen atoms in total. The summed E-state index contributed by atoms with van der Waals surface area (Å²) in [5.74, 6) is -0.316. The van der Waals surface area contributed by atoms with Crippen LogP contribution in [0.3, 0.4) is 0 Å². The number of carbonyl (C=O) groups is 2. The number of hydrogen-bond donors (Lipinski definition) is 2. The Kier molecular flexibility index (Phi) is 6.66. The normalized spacial score (nSPS) is 14.5. The third-order valence-corrected chi connectivity index (χ3v) is 7.59. The number of thiophene rings is 1. The number of benzene rings is 1. The lowest BCUT2D eigenvalue weighted by atomic mass is 10.1. The van der Waals surface area contributed by atoms with Gasteiger partial charge in [-0.2, -0.15) is 9.36 Å². The van der Waals surface area contributed by atoms with E-state index in [9.17, 15) is 14.4 Å². The van der Waals surface area contributed by atoms with Crippen molar-refractivity contribution in [2.75, 3.05) is 0 Å². The fraction of sp³-hybridized carbons (Fsp3) is 0.320. The lowest BCUT2D eigenvalue weighted by Crippen LogP contribution is -2.29. The Balaban J connectivity index is 1.24. The van der Waals surface area contributed by atoms with E-state index in [-0.39, 0.29) is 34.9 Å². The molecule has 1 aliphatic carbocycles. The molecule has 0 fully saturated rings. The fourth-order valence-corrected chi connectivity index (χ4v) is 5.19. The van der Waals surface area contributed by atoms with Crippen molar-refractivity contribution in [1.82, 2.24) is 40.4 Å². The van der Waals surface area contributed by atoms with Crippen molar-refractivity contribution in [3.8, 4) is 5.69 Å². The first-order valence-corrected chi connectivity index (χ1v) is 12.8. The molecular weight excluding hydrogens is 492 g/mol. The first kappa shape index (κ1) is 24.5. The fourth-order valence-electron chi connectivity index (χ4n) is 4.26. The van der Waals surface area contributed by atoms with Crippen LogP contribution in [-0.4, -0.2) is 41.6 Å². The Bertz CT molecular complexity index is 1540.